The van der Waals surface area contributed by atoms with Gasteiger partial charge in [-0.3, -0.25) is 9.80 Å². The number of nitrogens with zero attached hydrogens (tertiary/aromatic N) is 4. The van der Waals surface area contributed by atoms with Crippen molar-refractivity contribution in [2.24, 2.45) is 10.8 Å². The second-order valence-electron chi connectivity index (χ2n) is 16.5. The molecule has 5 aromatic rings. The first-order valence-corrected chi connectivity index (χ1v) is 17.6. The van der Waals surface area contributed by atoms with Gasteiger partial charge in [0.1, 0.15) is 17.2 Å². The van der Waals surface area contributed by atoms with Crippen molar-refractivity contribution in [1.29, 1.82) is 0 Å². The van der Waals surface area contributed by atoms with Gasteiger partial charge in [0.15, 0.2) is 0 Å². The van der Waals surface area contributed by atoms with Crippen LogP contribution < -0.4 is 0 Å². The second kappa shape index (κ2) is 10.4. The van der Waals surface area contributed by atoms with Crippen LogP contribution in [0.5, 0.6) is 0 Å². The zero-order valence-corrected chi connectivity index (χ0v) is 29.0. The van der Waals surface area contributed by atoms with Crippen LogP contribution in [0.15, 0.2) is 73.1 Å². The average Bonchev–Trinajstić information content (AvgIpc) is 3.55. The number of H-pyrrole nitrogens is 2. The zero-order chi connectivity index (χ0) is 34.7. The molecular formula is C40H42N6O4. The minimum Gasteiger partial charge on any atom is -0.465 e. The molecular weight excluding hydrogens is 628 g/mol. The lowest BCUT2D eigenvalue weighted by atomic mass is 9.98. The van der Waals surface area contributed by atoms with Gasteiger partial charge in [-0.25, -0.2) is 19.6 Å². The van der Waals surface area contributed by atoms with Crippen molar-refractivity contribution in [2.75, 3.05) is 0 Å². The number of amides is 2. The van der Waals surface area contributed by atoms with Crippen molar-refractivity contribution in [3.8, 4) is 33.6 Å². The quantitative estimate of drug-likeness (QED) is 0.171. The molecule has 0 radical (unpaired) electrons. The van der Waals surface area contributed by atoms with E-state index in [1.54, 1.807) is 11.1 Å². The van der Waals surface area contributed by atoms with Gasteiger partial charge in [-0.1, -0.05) is 62.4 Å². The minimum atomic E-state index is -0.872. The molecule has 4 heterocycles. The third-order valence-electron chi connectivity index (χ3n) is 11.6. The molecule has 2 saturated heterocycles. The Morgan fingerprint density at radius 3 is 1.78 bits per heavy atom. The highest BCUT2D eigenvalue weighted by Crippen LogP contribution is 2.64. The average molecular weight is 671 g/mol. The van der Waals surface area contributed by atoms with Gasteiger partial charge in [-0.05, 0) is 96.9 Å². The number of fused-ring (bicyclic) bond motifs is 3. The van der Waals surface area contributed by atoms with Gasteiger partial charge in [0, 0.05) is 17.6 Å². The van der Waals surface area contributed by atoms with Crippen LogP contribution in [0.4, 0.5) is 9.59 Å². The van der Waals surface area contributed by atoms with Gasteiger partial charge >= 0.3 is 12.2 Å². The van der Waals surface area contributed by atoms with Gasteiger partial charge in [0.05, 0.1) is 35.9 Å². The van der Waals surface area contributed by atoms with Crippen LogP contribution in [0.1, 0.15) is 84.0 Å². The first-order chi connectivity index (χ1) is 23.8. The monoisotopic (exact) mass is 670 g/mol. The first kappa shape index (κ1) is 30.9. The van der Waals surface area contributed by atoms with E-state index in [0.29, 0.717) is 5.82 Å². The van der Waals surface area contributed by atoms with E-state index in [4.69, 9.17) is 9.72 Å². The largest absolute Gasteiger partial charge is 0.465 e. The highest BCUT2D eigenvalue weighted by atomic mass is 16.6. The molecule has 0 spiro atoms. The number of aromatic amines is 2. The summed E-state index contributed by atoms with van der Waals surface area (Å²) in [6.07, 6.45) is 6.16. The minimum absolute atomic E-state index is 0.0722. The van der Waals surface area contributed by atoms with Crippen molar-refractivity contribution >= 4 is 23.0 Å². The summed E-state index contributed by atoms with van der Waals surface area (Å²) >= 11 is 0. The van der Waals surface area contributed by atoms with E-state index < -0.39 is 11.7 Å². The number of benzene rings is 3. The molecule has 256 valence electrons. The van der Waals surface area contributed by atoms with Crippen molar-refractivity contribution in [1.82, 2.24) is 29.7 Å². The predicted molar refractivity (Wildman–Crippen MR) is 190 cm³/mol. The van der Waals surface area contributed by atoms with E-state index in [1.807, 2.05) is 31.9 Å². The second-order valence-corrected chi connectivity index (χ2v) is 16.5. The summed E-state index contributed by atoms with van der Waals surface area (Å²) in [5.74, 6) is 1.52. The van der Waals surface area contributed by atoms with E-state index in [2.05, 4.69) is 89.5 Å². The molecule has 0 unspecified atom stereocenters. The third kappa shape index (κ3) is 5.06. The highest BCUT2D eigenvalue weighted by molar-refractivity contribution is 5.90. The molecule has 0 bridgehead atoms. The number of imidazole rings is 2. The Kier molecular flexibility index (Phi) is 6.46. The van der Waals surface area contributed by atoms with Crippen LogP contribution in [0.25, 0.3) is 44.4 Å². The Labute approximate surface area is 290 Å². The topological polar surface area (TPSA) is 127 Å². The van der Waals surface area contributed by atoms with Crippen LogP contribution in [0, 0.1) is 10.8 Å². The maximum atomic E-state index is 13.2. The molecule has 3 N–H and O–H groups in total. The lowest BCUT2D eigenvalue weighted by molar-refractivity contribution is 0.0174. The fourth-order valence-electron chi connectivity index (χ4n) is 8.62. The van der Waals surface area contributed by atoms with Crippen LogP contribution >= 0.6 is 0 Å². The molecule has 2 aliphatic heterocycles. The van der Waals surface area contributed by atoms with E-state index in [1.165, 1.54) is 0 Å². The molecule has 9 rings (SSSR count). The number of aromatic nitrogens is 4. The van der Waals surface area contributed by atoms with Crippen LogP contribution in [-0.4, -0.2) is 64.7 Å². The maximum Gasteiger partial charge on any atom is 0.411 e. The molecule has 3 aromatic carbocycles. The summed E-state index contributed by atoms with van der Waals surface area (Å²) in [5.41, 5.74) is 5.73. The lowest BCUT2D eigenvalue weighted by Gasteiger charge is -2.29. The Morgan fingerprint density at radius 2 is 1.20 bits per heavy atom. The number of carbonyl (C=O) groups excluding carboxylic acids is 1. The van der Waals surface area contributed by atoms with E-state index in [9.17, 15) is 14.7 Å². The smallest absolute Gasteiger partial charge is 0.411 e. The SMILES string of the molecule is CC(C)(C)OC(=O)N1[C@H](c2ncc(-c3ccc4cc(-c5ccc(-c6cnc([C@@H]7C[C@@]8(C)C[C@H]8N7C(=O)O)[nH]6)cc5)ccc4c3)[nH]2)C[C@]2(C)C[C@@H]12. The summed E-state index contributed by atoms with van der Waals surface area (Å²) < 4.78 is 5.78. The number of ether oxygens (including phenoxy) is 1. The summed E-state index contributed by atoms with van der Waals surface area (Å²) in [5, 5.41) is 12.1. The number of likely N-dealkylation sites (tertiary alicyclic amines) is 2. The number of rotatable bonds is 5. The summed E-state index contributed by atoms with van der Waals surface area (Å²) in [6.45, 7) is 10.1. The van der Waals surface area contributed by atoms with Crippen molar-refractivity contribution < 1.29 is 19.4 Å². The summed E-state index contributed by atoms with van der Waals surface area (Å²) in [6, 6.07) is 21.2. The fraction of sp³-hybridized carbons (Fsp3) is 0.400. The first-order valence-electron chi connectivity index (χ1n) is 17.6. The number of hydrogen-bond donors (Lipinski definition) is 3. The van der Waals surface area contributed by atoms with Gasteiger partial charge in [-0.15, -0.1) is 0 Å². The van der Waals surface area contributed by atoms with Gasteiger partial charge in [0.2, 0.25) is 0 Å². The Hall–Kier alpha value is -5.12. The van der Waals surface area contributed by atoms with Gasteiger partial charge in [-0.2, -0.15) is 0 Å². The molecule has 2 aromatic heterocycles. The maximum absolute atomic E-state index is 13.2. The summed E-state index contributed by atoms with van der Waals surface area (Å²) in [4.78, 5) is 44.9. The standard InChI is InChI=1S/C40H42N6O4/c1-38(2,3)50-37(49)46-31(17-40(5)19-33(40)46)35-42-21-29(44-35)27-13-12-25-14-24(10-11-26(25)15-27)22-6-8-23(9-7-22)28-20-41-34(43-28)30-16-39(4)18-32(39)45(30)36(47)48/h6-15,20-21,30-33H,16-19H2,1-5H3,(H,41,43)(H,42,44)(H,47,48)/t30-,31-,32+,33+,39-,40+/m0/s1. The van der Waals surface area contributed by atoms with Crippen LogP contribution in [0.3, 0.4) is 0 Å². The zero-order valence-electron chi connectivity index (χ0n) is 29.0. The molecule has 10 heteroatoms. The number of carbonyl (C=O) groups is 2. The summed E-state index contributed by atoms with van der Waals surface area (Å²) in [7, 11) is 0. The van der Waals surface area contributed by atoms with E-state index in [-0.39, 0.29) is 41.1 Å². The van der Waals surface area contributed by atoms with E-state index in [0.717, 1.165) is 75.9 Å². The van der Waals surface area contributed by atoms with Crippen LogP contribution in [-0.2, 0) is 4.74 Å². The van der Waals surface area contributed by atoms with Crippen molar-refractivity contribution in [3.05, 3.63) is 84.7 Å². The molecule has 6 atom stereocenters. The fourth-order valence-corrected chi connectivity index (χ4v) is 8.62. The molecule has 2 aliphatic carbocycles. The molecule has 4 fully saturated rings. The van der Waals surface area contributed by atoms with Crippen molar-refractivity contribution in [3.63, 3.8) is 0 Å². The number of hydrogen-bond acceptors (Lipinski definition) is 5. The Morgan fingerprint density at radius 1 is 0.720 bits per heavy atom. The van der Waals surface area contributed by atoms with Crippen LogP contribution in [0.2, 0.25) is 0 Å². The Bertz CT molecular complexity index is 2180. The van der Waals surface area contributed by atoms with Gasteiger partial charge < -0.3 is 19.8 Å². The number of nitrogens with one attached hydrogen (secondary N) is 2. The molecule has 4 aliphatic rings. The van der Waals surface area contributed by atoms with E-state index >= 15 is 0 Å². The number of piperidine rings is 2. The molecule has 50 heavy (non-hydrogen) atoms. The number of carboxylic acid groups (broad SMARTS) is 1. The lowest BCUT2D eigenvalue weighted by Crippen LogP contribution is -2.38. The molecule has 2 saturated carbocycles. The van der Waals surface area contributed by atoms with Gasteiger partial charge in [0.25, 0.3) is 0 Å². The Balaban J connectivity index is 0.911. The normalized spacial score (nSPS) is 28.1. The molecule has 10 nitrogen and oxygen atoms in total. The third-order valence-corrected chi connectivity index (χ3v) is 11.6. The predicted octanol–water partition coefficient (Wildman–Crippen LogP) is 8.95. The highest BCUT2D eigenvalue weighted by Gasteiger charge is 2.65. The van der Waals surface area contributed by atoms with Crippen molar-refractivity contribution in [2.45, 2.75) is 90.1 Å². The molecule has 2 amide bonds.